The van der Waals surface area contributed by atoms with Crippen LogP contribution < -0.4 is 11.1 Å². The van der Waals surface area contributed by atoms with E-state index in [1.807, 2.05) is 0 Å². The summed E-state index contributed by atoms with van der Waals surface area (Å²) in [6, 6.07) is -0.977. The van der Waals surface area contributed by atoms with E-state index in [0.717, 1.165) is 11.5 Å². The van der Waals surface area contributed by atoms with Crippen LogP contribution in [-0.4, -0.2) is 96.7 Å². The minimum atomic E-state index is -1.25. The van der Waals surface area contributed by atoms with Gasteiger partial charge in [-0.15, -0.1) is 16.4 Å². The minimum absolute atomic E-state index is 0.0463. The molecule has 0 aromatic carbocycles. The summed E-state index contributed by atoms with van der Waals surface area (Å²) >= 11 is 2.20. The number of nitrogens with two attached hydrogens (primary N) is 1. The van der Waals surface area contributed by atoms with Gasteiger partial charge in [0.25, 0.3) is 17.6 Å². The monoisotopic (exact) mass is 517 g/mol. The molecule has 5 heterocycles. The van der Waals surface area contributed by atoms with Gasteiger partial charge in [-0.1, -0.05) is 20.5 Å². The Morgan fingerprint density at radius 3 is 3.00 bits per heavy atom. The van der Waals surface area contributed by atoms with Crippen LogP contribution in [0.2, 0.25) is 0 Å². The SMILES string of the molecule is CO/N=C(\C(=O)N[C@@H]1C(=O)N2C(C(=O)O)=C(C[N+]34C=NN=C3C=CC=N4)CSC12)c1nsc(N)n1. The van der Waals surface area contributed by atoms with Gasteiger partial charge >= 0.3 is 5.97 Å². The molecule has 17 heteroatoms. The van der Waals surface area contributed by atoms with E-state index in [2.05, 4.69) is 35.1 Å². The van der Waals surface area contributed by atoms with Crippen LogP contribution in [0.25, 0.3) is 0 Å². The molecule has 0 bridgehead atoms. The first-order chi connectivity index (χ1) is 16.8. The number of nitrogens with one attached hydrogen (secondary N) is 1. The van der Waals surface area contributed by atoms with E-state index in [-0.39, 0.29) is 33.5 Å². The fourth-order valence-corrected chi connectivity index (χ4v) is 5.69. The first-order valence-corrected chi connectivity index (χ1v) is 11.8. The highest BCUT2D eigenvalue weighted by molar-refractivity contribution is 8.00. The lowest BCUT2D eigenvalue weighted by Crippen LogP contribution is -2.71. The predicted molar refractivity (Wildman–Crippen MR) is 126 cm³/mol. The number of amidine groups is 1. The second-order valence-electron chi connectivity index (χ2n) is 7.49. The highest BCUT2D eigenvalue weighted by atomic mass is 32.2. The topological polar surface area (TPSA) is 197 Å². The zero-order valence-corrected chi connectivity index (χ0v) is 19.6. The number of carboxylic acid groups (broad SMARTS) is 1. The number of aromatic nitrogens is 2. The number of hydrogen-bond donors (Lipinski definition) is 3. The zero-order chi connectivity index (χ0) is 24.7. The largest absolute Gasteiger partial charge is 0.477 e. The lowest BCUT2D eigenvalue weighted by molar-refractivity contribution is -0.738. The summed E-state index contributed by atoms with van der Waals surface area (Å²) in [4.78, 5) is 47.9. The summed E-state index contributed by atoms with van der Waals surface area (Å²) in [5.74, 6) is -1.79. The maximum absolute atomic E-state index is 13.0. The van der Waals surface area contributed by atoms with Crippen LogP contribution in [0.1, 0.15) is 5.82 Å². The summed E-state index contributed by atoms with van der Waals surface area (Å²) < 4.78 is 3.83. The summed E-state index contributed by atoms with van der Waals surface area (Å²) in [5, 5.41) is 28.1. The van der Waals surface area contributed by atoms with Gasteiger partial charge in [0, 0.05) is 28.9 Å². The van der Waals surface area contributed by atoms with E-state index in [9.17, 15) is 19.5 Å². The molecule has 35 heavy (non-hydrogen) atoms. The molecule has 0 saturated carbocycles. The van der Waals surface area contributed by atoms with Crippen LogP contribution in [0.5, 0.6) is 0 Å². The summed E-state index contributed by atoms with van der Waals surface area (Å²) in [6.45, 7) is 0.146. The van der Waals surface area contributed by atoms with Crippen molar-refractivity contribution < 1.29 is 28.9 Å². The second kappa shape index (κ2) is 8.67. The fraction of sp³-hybridized carbons (Fsp3) is 0.278. The molecule has 0 spiro atoms. The average Bonchev–Trinajstić information content (AvgIpc) is 3.46. The Labute approximate surface area is 205 Å². The predicted octanol–water partition coefficient (Wildman–Crippen LogP) is -1.06. The van der Waals surface area contributed by atoms with Gasteiger partial charge < -0.3 is 21.0 Å². The first kappa shape index (κ1) is 22.8. The van der Waals surface area contributed by atoms with Crippen molar-refractivity contribution in [2.75, 3.05) is 25.1 Å². The number of quaternary nitrogens is 1. The third-order valence-corrected chi connectivity index (χ3v) is 7.31. The maximum atomic E-state index is 13.0. The lowest BCUT2D eigenvalue weighted by atomic mass is 10.0. The van der Waals surface area contributed by atoms with E-state index in [0.29, 0.717) is 17.2 Å². The Hall–Kier alpha value is -3.96. The number of nitrogen functional groups attached to an aromatic ring is 1. The third kappa shape index (κ3) is 3.78. The molecule has 1 aromatic rings. The number of β-lactam (4-membered cyclic amide) rings is 1. The van der Waals surface area contributed by atoms with Gasteiger partial charge in [0.15, 0.2) is 5.13 Å². The minimum Gasteiger partial charge on any atom is -0.477 e. The number of rotatable bonds is 7. The van der Waals surface area contributed by atoms with E-state index in [1.165, 1.54) is 30.1 Å². The van der Waals surface area contributed by atoms with Crippen LogP contribution >= 0.6 is 23.3 Å². The highest BCUT2D eigenvalue weighted by Gasteiger charge is 2.55. The Morgan fingerprint density at radius 2 is 2.29 bits per heavy atom. The number of anilines is 1. The van der Waals surface area contributed by atoms with E-state index >= 15 is 0 Å². The number of hydrogen-bond acceptors (Lipinski definition) is 13. The van der Waals surface area contributed by atoms with Crippen molar-refractivity contribution in [1.29, 1.82) is 0 Å². The molecule has 4 aliphatic heterocycles. The zero-order valence-electron chi connectivity index (χ0n) is 17.9. The van der Waals surface area contributed by atoms with Crippen LogP contribution in [0.15, 0.2) is 43.9 Å². The molecular weight excluding hydrogens is 500 g/mol. The number of carboxylic acids is 1. The molecule has 2 amide bonds. The van der Waals surface area contributed by atoms with Gasteiger partial charge in [-0.3, -0.25) is 14.5 Å². The van der Waals surface area contributed by atoms with Crippen LogP contribution in [-0.2, 0) is 19.2 Å². The normalized spacial score (nSPS) is 26.8. The van der Waals surface area contributed by atoms with E-state index in [4.69, 9.17) is 10.6 Å². The molecule has 1 saturated heterocycles. The highest BCUT2D eigenvalue weighted by Crippen LogP contribution is 2.41. The van der Waals surface area contributed by atoms with Crippen LogP contribution in [0, 0.1) is 0 Å². The maximum Gasteiger partial charge on any atom is 0.352 e. The van der Waals surface area contributed by atoms with Gasteiger partial charge in [0.2, 0.25) is 17.9 Å². The average molecular weight is 518 g/mol. The Morgan fingerprint density at radius 1 is 1.46 bits per heavy atom. The van der Waals surface area contributed by atoms with Gasteiger partial charge in [0.1, 0.15) is 30.8 Å². The molecule has 15 nitrogen and oxygen atoms in total. The van der Waals surface area contributed by atoms with Crippen LogP contribution in [0.4, 0.5) is 5.13 Å². The smallest absolute Gasteiger partial charge is 0.352 e. The molecule has 1 fully saturated rings. The van der Waals surface area contributed by atoms with Crippen molar-refractivity contribution in [3.8, 4) is 0 Å². The number of aliphatic carboxylic acids is 1. The van der Waals surface area contributed by atoms with Gasteiger partial charge in [-0.2, -0.15) is 9.36 Å². The number of nitrogens with zero attached hydrogens (tertiary/aromatic N) is 8. The Bertz CT molecular complexity index is 1310. The Balaban J connectivity index is 1.37. The third-order valence-electron chi connectivity index (χ3n) is 5.42. The second-order valence-corrected chi connectivity index (χ2v) is 9.38. The van der Waals surface area contributed by atoms with Crippen molar-refractivity contribution in [3.63, 3.8) is 0 Å². The molecule has 180 valence electrons. The number of amides is 2. The van der Waals surface area contributed by atoms with Gasteiger partial charge in [0.05, 0.1) is 6.21 Å². The molecule has 0 radical (unpaired) electrons. The standard InChI is InChI=1S/C18H16N10O5S2/c1-33-25-10(13-23-18(19)35-26-13)14(29)22-11-15(30)27-12(17(31)32)8(6-34-16(11)27)5-28-7-20-24-9(28)3-2-4-21-28/h2-4,7,11,16H,5-6H2,1H3,(H3-,19,22,23,26,29,31,32)/p+1/b25-10-/t11-,16?,28?/m1/s1. The number of thioether (sulfide) groups is 1. The van der Waals surface area contributed by atoms with E-state index < -0.39 is 29.2 Å². The molecular formula is C18H17N10O5S2+. The molecule has 5 rings (SSSR count). The lowest BCUT2D eigenvalue weighted by Gasteiger charge is -2.49. The van der Waals surface area contributed by atoms with Crippen molar-refractivity contribution in [2.45, 2.75) is 11.4 Å². The van der Waals surface area contributed by atoms with Crippen molar-refractivity contribution >= 4 is 70.3 Å². The van der Waals surface area contributed by atoms with E-state index in [1.54, 1.807) is 18.4 Å². The van der Waals surface area contributed by atoms with Gasteiger partial charge in [-0.25, -0.2) is 4.79 Å². The first-order valence-electron chi connectivity index (χ1n) is 9.99. The number of fused-ring (bicyclic) bond motifs is 2. The van der Waals surface area contributed by atoms with Crippen molar-refractivity contribution in [1.82, 2.24) is 19.6 Å². The Kier molecular flexibility index (Phi) is 5.65. The quantitative estimate of drug-likeness (QED) is 0.175. The summed E-state index contributed by atoms with van der Waals surface area (Å²) in [7, 11) is 1.25. The van der Waals surface area contributed by atoms with Gasteiger partial charge in [-0.05, 0) is 6.08 Å². The number of carbonyl (C=O) groups is 3. The number of oxime groups is 1. The molecule has 4 N–H and O–H groups in total. The molecule has 4 aliphatic rings. The van der Waals surface area contributed by atoms with Crippen molar-refractivity contribution in [2.24, 2.45) is 20.5 Å². The molecule has 3 atom stereocenters. The summed E-state index contributed by atoms with van der Waals surface area (Å²) in [6.07, 6.45) is 6.55. The number of allylic oxidation sites excluding steroid dienone is 1. The fourth-order valence-electron chi connectivity index (χ4n) is 3.92. The van der Waals surface area contributed by atoms with Crippen LogP contribution in [0.3, 0.4) is 0 Å². The summed E-state index contributed by atoms with van der Waals surface area (Å²) in [5.41, 5.74) is 5.68. The molecule has 1 aromatic heterocycles. The number of carbonyl (C=O) groups excluding carboxylic acids is 2. The molecule has 0 aliphatic carbocycles. The molecule has 2 unspecified atom stereocenters. The van der Waals surface area contributed by atoms with Crippen molar-refractivity contribution in [3.05, 3.63) is 29.2 Å².